The Hall–Kier alpha value is -3.48. The molecule has 7 heteroatoms. The van der Waals surface area contributed by atoms with Crippen molar-refractivity contribution < 1.29 is 18.7 Å². The summed E-state index contributed by atoms with van der Waals surface area (Å²) in [5.74, 6) is -0.211. The molecule has 1 saturated heterocycles. The molecule has 3 heterocycles. The molecule has 0 aliphatic carbocycles. The van der Waals surface area contributed by atoms with Crippen LogP contribution in [0.15, 0.2) is 54.7 Å². The number of hydrogen-bond donors (Lipinski definition) is 1. The molecular formula is C21H16FN3O3. The van der Waals surface area contributed by atoms with Crippen molar-refractivity contribution >= 4 is 22.8 Å². The lowest BCUT2D eigenvalue weighted by Crippen LogP contribution is -2.47. The number of imide groups is 1. The van der Waals surface area contributed by atoms with Crippen molar-refractivity contribution in [3.8, 4) is 5.75 Å². The van der Waals surface area contributed by atoms with Crippen molar-refractivity contribution in [3.63, 3.8) is 0 Å². The highest BCUT2D eigenvalue weighted by atomic mass is 19.1. The van der Waals surface area contributed by atoms with Gasteiger partial charge in [0.05, 0.1) is 18.7 Å². The summed E-state index contributed by atoms with van der Waals surface area (Å²) >= 11 is 0. The zero-order valence-electron chi connectivity index (χ0n) is 14.8. The Morgan fingerprint density at radius 1 is 1.18 bits per heavy atom. The number of fused-ring (bicyclic) bond motifs is 3. The Kier molecular flexibility index (Phi) is 3.58. The molecule has 140 valence electrons. The number of halogens is 1. The maximum Gasteiger partial charge on any atom is 0.325 e. The van der Waals surface area contributed by atoms with E-state index in [0.29, 0.717) is 40.8 Å². The first-order valence-electron chi connectivity index (χ1n) is 8.98. The fraction of sp³-hybridized carbons (Fsp3) is 0.190. The van der Waals surface area contributed by atoms with Crippen molar-refractivity contribution in [1.82, 2.24) is 15.2 Å². The number of amides is 3. The molecule has 28 heavy (non-hydrogen) atoms. The van der Waals surface area contributed by atoms with Crippen molar-refractivity contribution in [2.45, 2.75) is 18.5 Å². The molecule has 5 rings (SSSR count). The zero-order chi connectivity index (χ0) is 19.3. The van der Waals surface area contributed by atoms with Gasteiger partial charge >= 0.3 is 6.03 Å². The molecule has 2 aliphatic heterocycles. The quantitative estimate of drug-likeness (QED) is 0.697. The molecule has 0 bridgehead atoms. The van der Waals surface area contributed by atoms with Crippen LogP contribution in [0.2, 0.25) is 0 Å². The second kappa shape index (κ2) is 6.02. The lowest BCUT2D eigenvalue weighted by Gasteiger charge is -2.33. The summed E-state index contributed by atoms with van der Waals surface area (Å²) in [4.78, 5) is 31.5. The highest BCUT2D eigenvalue weighted by molar-refractivity contribution is 6.08. The molecular weight excluding hydrogens is 361 g/mol. The predicted molar refractivity (Wildman–Crippen MR) is 99.0 cm³/mol. The van der Waals surface area contributed by atoms with Gasteiger partial charge in [0.25, 0.3) is 5.91 Å². The number of benzene rings is 2. The Labute approximate surface area is 159 Å². The van der Waals surface area contributed by atoms with E-state index in [2.05, 4.69) is 10.3 Å². The fourth-order valence-electron chi connectivity index (χ4n) is 4.03. The van der Waals surface area contributed by atoms with Crippen LogP contribution in [0.3, 0.4) is 0 Å². The van der Waals surface area contributed by atoms with Gasteiger partial charge in [0.2, 0.25) is 0 Å². The van der Waals surface area contributed by atoms with E-state index in [1.807, 2.05) is 6.07 Å². The van der Waals surface area contributed by atoms with E-state index >= 15 is 0 Å². The van der Waals surface area contributed by atoms with E-state index in [-0.39, 0.29) is 12.5 Å². The largest absolute Gasteiger partial charge is 0.493 e. The summed E-state index contributed by atoms with van der Waals surface area (Å²) in [6, 6.07) is 12.9. The lowest BCUT2D eigenvalue weighted by atomic mass is 9.84. The van der Waals surface area contributed by atoms with E-state index in [9.17, 15) is 14.0 Å². The van der Waals surface area contributed by atoms with Gasteiger partial charge in [-0.3, -0.25) is 14.7 Å². The highest BCUT2D eigenvalue weighted by Crippen LogP contribution is 2.41. The van der Waals surface area contributed by atoms with Gasteiger partial charge < -0.3 is 10.1 Å². The number of ether oxygens (including phenoxy) is 1. The standard InChI is InChI=1S/C21H16FN3O3/c22-15-10-13-4-3-8-23-18(13)14(11-15)12-25-19(26)21(24-20(25)27)7-9-28-17-6-2-1-5-16(17)21/h1-6,8,10-11H,7,9,12H2,(H,24,27). The molecule has 1 N–H and O–H groups in total. The van der Waals surface area contributed by atoms with Crippen molar-refractivity contribution in [3.05, 3.63) is 71.7 Å². The Morgan fingerprint density at radius 3 is 2.93 bits per heavy atom. The molecule has 1 aromatic heterocycles. The number of pyridine rings is 1. The molecule has 1 spiro atoms. The minimum Gasteiger partial charge on any atom is -0.493 e. The van der Waals surface area contributed by atoms with Crippen LogP contribution in [0.1, 0.15) is 17.5 Å². The molecule has 2 aliphatic rings. The van der Waals surface area contributed by atoms with Crippen LogP contribution in [0.25, 0.3) is 10.9 Å². The second-order valence-corrected chi connectivity index (χ2v) is 6.96. The van der Waals surface area contributed by atoms with E-state index in [0.717, 1.165) is 4.90 Å². The van der Waals surface area contributed by atoms with E-state index < -0.39 is 17.4 Å². The summed E-state index contributed by atoms with van der Waals surface area (Å²) in [6.45, 7) is 0.266. The molecule has 2 aromatic carbocycles. The molecule has 0 saturated carbocycles. The van der Waals surface area contributed by atoms with Crippen LogP contribution in [0.4, 0.5) is 9.18 Å². The van der Waals surface area contributed by atoms with Crippen LogP contribution in [-0.2, 0) is 16.9 Å². The van der Waals surface area contributed by atoms with Crippen LogP contribution >= 0.6 is 0 Å². The van der Waals surface area contributed by atoms with Gasteiger partial charge in [-0.2, -0.15) is 0 Å². The van der Waals surface area contributed by atoms with Gasteiger partial charge in [0.15, 0.2) is 5.54 Å². The third-order valence-electron chi connectivity index (χ3n) is 5.33. The minimum atomic E-state index is -1.15. The maximum atomic E-state index is 14.1. The summed E-state index contributed by atoms with van der Waals surface area (Å²) in [7, 11) is 0. The van der Waals surface area contributed by atoms with Gasteiger partial charge in [-0.05, 0) is 24.3 Å². The lowest BCUT2D eigenvalue weighted by molar-refractivity contribution is -0.133. The molecule has 1 fully saturated rings. The second-order valence-electron chi connectivity index (χ2n) is 6.96. The smallest absolute Gasteiger partial charge is 0.325 e. The SMILES string of the molecule is O=C1NC2(CCOc3ccccc32)C(=O)N1Cc1cc(F)cc2cccnc12. The number of urea groups is 1. The number of aromatic nitrogens is 1. The van der Waals surface area contributed by atoms with Gasteiger partial charge in [0.1, 0.15) is 11.6 Å². The van der Waals surface area contributed by atoms with Crippen LogP contribution < -0.4 is 10.1 Å². The molecule has 1 unspecified atom stereocenters. The summed E-state index contributed by atoms with van der Waals surface area (Å²) in [6.07, 6.45) is 1.94. The Balaban J connectivity index is 1.56. The monoisotopic (exact) mass is 377 g/mol. The van der Waals surface area contributed by atoms with Crippen molar-refractivity contribution in [1.29, 1.82) is 0 Å². The summed E-state index contributed by atoms with van der Waals surface area (Å²) < 4.78 is 19.7. The third kappa shape index (κ3) is 2.36. The maximum absolute atomic E-state index is 14.1. The summed E-state index contributed by atoms with van der Waals surface area (Å²) in [5.41, 5.74) is 0.543. The summed E-state index contributed by atoms with van der Waals surface area (Å²) in [5, 5.41) is 3.47. The number of para-hydroxylation sites is 1. The van der Waals surface area contributed by atoms with Gasteiger partial charge in [0, 0.05) is 29.1 Å². The minimum absolute atomic E-state index is 0.0548. The van der Waals surface area contributed by atoms with E-state index in [4.69, 9.17) is 4.74 Å². The van der Waals surface area contributed by atoms with Gasteiger partial charge in [-0.15, -0.1) is 0 Å². The molecule has 3 amide bonds. The van der Waals surface area contributed by atoms with Crippen LogP contribution in [0, 0.1) is 5.82 Å². The zero-order valence-corrected chi connectivity index (χ0v) is 14.8. The first kappa shape index (κ1) is 16.7. The highest BCUT2D eigenvalue weighted by Gasteiger charge is 2.54. The number of rotatable bonds is 2. The Bertz CT molecular complexity index is 1130. The van der Waals surface area contributed by atoms with Crippen molar-refractivity contribution in [2.24, 2.45) is 0 Å². The van der Waals surface area contributed by atoms with Gasteiger partial charge in [-0.25, -0.2) is 9.18 Å². The first-order chi connectivity index (χ1) is 13.6. The number of carbonyl (C=O) groups excluding carboxylic acids is 2. The number of nitrogens with zero attached hydrogens (tertiary/aromatic N) is 2. The van der Waals surface area contributed by atoms with Crippen molar-refractivity contribution in [2.75, 3.05) is 6.61 Å². The Morgan fingerprint density at radius 2 is 2.04 bits per heavy atom. The average Bonchev–Trinajstić information content (AvgIpc) is 2.93. The molecule has 0 radical (unpaired) electrons. The predicted octanol–water partition coefficient (Wildman–Crippen LogP) is 3.10. The molecule has 6 nitrogen and oxygen atoms in total. The number of carbonyl (C=O) groups is 2. The molecule has 1 atom stereocenters. The topological polar surface area (TPSA) is 71.5 Å². The first-order valence-corrected chi connectivity index (χ1v) is 8.98. The normalized spacial score (nSPS) is 21.0. The van der Waals surface area contributed by atoms with Gasteiger partial charge in [-0.1, -0.05) is 24.3 Å². The molecule has 3 aromatic rings. The van der Waals surface area contributed by atoms with Crippen LogP contribution in [-0.4, -0.2) is 28.4 Å². The van der Waals surface area contributed by atoms with E-state index in [1.165, 1.54) is 12.1 Å². The number of nitrogens with one attached hydrogen (secondary N) is 1. The number of hydrogen-bond acceptors (Lipinski definition) is 4. The van der Waals surface area contributed by atoms with Crippen LogP contribution in [0.5, 0.6) is 5.75 Å². The average molecular weight is 377 g/mol. The third-order valence-corrected chi connectivity index (χ3v) is 5.33. The van der Waals surface area contributed by atoms with E-state index in [1.54, 1.807) is 36.5 Å². The fourth-order valence-corrected chi connectivity index (χ4v) is 4.03.